The van der Waals surface area contributed by atoms with Crippen molar-refractivity contribution < 1.29 is 9.47 Å². The van der Waals surface area contributed by atoms with Gasteiger partial charge >= 0.3 is 0 Å². The second-order valence-corrected chi connectivity index (χ2v) is 5.97. The Bertz CT molecular complexity index is 499. The fourth-order valence-corrected chi connectivity index (χ4v) is 2.52. The van der Waals surface area contributed by atoms with Crippen LogP contribution in [0.3, 0.4) is 0 Å². The Morgan fingerprint density at radius 2 is 2.04 bits per heavy atom. The summed E-state index contributed by atoms with van der Waals surface area (Å²) >= 11 is 0. The van der Waals surface area contributed by atoms with Gasteiger partial charge in [-0.25, -0.2) is 5.84 Å². The lowest BCUT2D eigenvalue weighted by Crippen LogP contribution is -2.27. The van der Waals surface area contributed by atoms with Crippen LogP contribution in [0, 0.1) is 0 Å². The molecule has 26 heavy (non-hydrogen) atoms. The van der Waals surface area contributed by atoms with E-state index in [2.05, 4.69) is 24.4 Å². The Hall–Kier alpha value is -1.60. The summed E-state index contributed by atoms with van der Waals surface area (Å²) in [4.78, 5) is 0. The maximum Gasteiger partial charge on any atom is 0.157 e. The van der Waals surface area contributed by atoms with Crippen LogP contribution in [0.1, 0.15) is 52.0 Å². The van der Waals surface area contributed by atoms with Crippen molar-refractivity contribution in [3.8, 4) is 0 Å². The number of rotatable bonds is 9. The first-order chi connectivity index (χ1) is 12.7. The lowest BCUT2D eigenvalue weighted by Gasteiger charge is -2.22. The zero-order valence-electron chi connectivity index (χ0n) is 16.5. The van der Waals surface area contributed by atoms with E-state index in [1.165, 1.54) is 5.56 Å². The van der Waals surface area contributed by atoms with Crippen molar-refractivity contribution in [2.75, 3.05) is 24.8 Å². The number of nitrogens with one attached hydrogen (secondary N) is 1. The van der Waals surface area contributed by atoms with Gasteiger partial charge in [-0.2, -0.15) is 0 Å². The Morgan fingerprint density at radius 1 is 1.31 bits per heavy atom. The van der Waals surface area contributed by atoms with E-state index >= 15 is 0 Å². The van der Waals surface area contributed by atoms with Crippen LogP contribution in [0.25, 0.3) is 0 Å². The molecule has 148 valence electrons. The fraction of sp³-hybridized carbons (Fsp3) is 0.600. The molecule has 1 aromatic rings. The first kappa shape index (κ1) is 22.4. The van der Waals surface area contributed by atoms with Crippen LogP contribution in [0.5, 0.6) is 0 Å². The van der Waals surface area contributed by atoms with Gasteiger partial charge in [-0.1, -0.05) is 32.9 Å². The van der Waals surface area contributed by atoms with Gasteiger partial charge < -0.3 is 20.5 Å². The molecule has 1 saturated heterocycles. The molecule has 0 amide bonds. The highest BCUT2D eigenvalue weighted by Gasteiger charge is 2.13. The highest BCUT2D eigenvalue weighted by atomic mass is 16.7. The van der Waals surface area contributed by atoms with E-state index < -0.39 is 0 Å². The van der Waals surface area contributed by atoms with Gasteiger partial charge in [-0.3, -0.25) is 5.01 Å². The Morgan fingerprint density at radius 3 is 2.65 bits per heavy atom. The lowest BCUT2D eigenvalue weighted by atomic mass is 10.2. The average Bonchev–Trinajstić information content (AvgIpc) is 2.69. The summed E-state index contributed by atoms with van der Waals surface area (Å²) < 4.78 is 11.2. The average molecular weight is 365 g/mol. The topological polar surface area (TPSA) is 85.8 Å². The second-order valence-electron chi connectivity index (χ2n) is 5.97. The van der Waals surface area contributed by atoms with Crippen LogP contribution in [0.4, 0.5) is 5.69 Å². The molecule has 1 aliphatic rings. The summed E-state index contributed by atoms with van der Waals surface area (Å²) in [6.45, 7) is 9.24. The number of hydrazine groups is 1. The van der Waals surface area contributed by atoms with Crippen molar-refractivity contribution >= 4 is 5.69 Å². The number of ether oxygens (including phenoxy) is 2. The monoisotopic (exact) mass is 364 g/mol. The molecule has 0 radical (unpaired) electrons. The highest BCUT2D eigenvalue weighted by Crippen LogP contribution is 2.15. The summed E-state index contributed by atoms with van der Waals surface area (Å²) in [5, 5.41) is 4.84. The van der Waals surface area contributed by atoms with Crippen molar-refractivity contribution in [3.05, 3.63) is 41.7 Å². The smallest absolute Gasteiger partial charge is 0.157 e. The van der Waals surface area contributed by atoms with Gasteiger partial charge in [-0.15, -0.1) is 0 Å². The Kier molecular flexibility index (Phi) is 11.7. The van der Waals surface area contributed by atoms with Crippen molar-refractivity contribution in [2.45, 2.75) is 59.3 Å². The van der Waals surface area contributed by atoms with Crippen molar-refractivity contribution in [3.63, 3.8) is 0 Å². The maximum absolute atomic E-state index is 6.06. The maximum atomic E-state index is 6.06. The highest BCUT2D eigenvalue weighted by molar-refractivity contribution is 5.48. The summed E-state index contributed by atoms with van der Waals surface area (Å²) in [5.41, 5.74) is 8.84. The molecule has 1 atom stereocenters. The molecule has 6 heteroatoms. The van der Waals surface area contributed by atoms with Gasteiger partial charge in [0.15, 0.2) is 6.29 Å². The van der Waals surface area contributed by atoms with Crippen LogP contribution in [0.2, 0.25) is 0 Å². The van der Waals surface area contributed by atoms with Crippen LogP contribution in [-0.2, 0) is 16.0 Å². The molecule has 1 unspecified atom stereocenters. The third-order valence-corrected chi connectivity index (χ3v) is 3.95. The zero-order valence-corrected chi connectivity index (χ0v) is 16.5. The molecule has 5 N–H and O–H groups in total. The van der Waals surface area contributed by atoms with E-state index in [9.17, 15) is 0 Å². The zero-order chi connectivity index (χ0) is 19.2. The third kappa shape index (κ3) is 8.67. The van der Waals surface area contributed by atoms with Gasteiger partial charge in [0.25, 0.3) is 0 Å². The van der Waals surface area contributed by atoms with Gasteiger partial charge in [-0.05, 0) is 43.5 Å². The lowest BCUT2D eigenvalue weighted by molar-refractivity contribution is -0.161. The van der Waals surface area contributed by atoms with Gasteiger partial charge in [0, 0.05) is 31.5 Å². The molecule has 1 fully saturated rings. The first-order valence-electron chi connectivity index (χ1n) is 9.72. The molecule has 0 aromatic heterocycles. The molecule has 0 aliphatic carbocycles. The molecule has 0 bridgehead atoms. The number of benzene rings is 1. The van der Waals surface area contributed by atoms with Crippen molar-refractivity contribution in [2.24, 2.45) is 11.6 Å². The molecule has 1 heterocycles. The Balaban J connectivity index is 0.00000163. The number of hydrogen-bond donors (Lipinski definition) is 3. The van der Waals surface area contributed by atoms with Crippen LogP contribution >= 0.6 is 0 Å². The summed E-state index contributed by atoms with van der Waals surface area (Å²) in [7, 11) is 0. The molecular weight excluding hydrogens is 328 g/mol. The van der Waals surface area contributed by atoms with Crippen LogP contribution < -0.4 is 21.9 Å². The normalized spacial score (nSPS) is 17.4. The van der Waals surface area contributed by atoms with E-state index in [0.717, 1.165) is 44.6 Å². The molecular formula is C20H36N4O2. The SMILES string of the molecule is CC.CCNCc1ccc(N(N)/C=C(\N)CCOC2CCCCO2)cc1. The quantitative estimate of drug-likeness (QED) is 0.461. The number of nitrogens with zero attached hydrogens (tertiary/aromatic N) is 1. The largest absolute Gasteiger partial charge is 0.401 e. The minimum absolute atomic E-state index is 0.0789. The molecule has 1 aromatic carbocycles. The molecule has 0 spiro atoms. The van der Waals surface area contributed by atoms with Crippen molar-refractivity contribution in [1.82, 2.24) is 5.32 Å². The van der Waals surface area contributed by atoms with Gasteiger partial charge in [0.2, 0.25) is 0 Å². The van der Waals surface area contributed by atoms with Crippen LogP contribution in [0.15, 0.2) is 36.2 Å². The predicted molar refractivity (Wildman–Crippen MR) is 108 cm³/mol. The standard InChI is InChI=1S/C18H30N4O2.C2H6/c1-2-21-13-15-6-8-17(9-7-15)22(20)14-16(19)10-12-24-18-5-3-4-11-23-18;1-2/h6-9,14,18,21H,2-5,10-13,19-20H2,1H3;1-2H3/b16-14-;. The summed E-state index contributed by atoms with van der Waals surface area (Å²) in [5.74, 6) is 6.06. The molecule has 2 rings (SSSR count). The van der Waals surface area contributed by atoms with Crippen LogP contribution in [-0.4, -0.2) is 26.0 Å². The minimum atomic E-state index is -0.0789. The number of anilines is 1. The molecule has 0 saturated carbocycles. The van der Waals surface area contributed by atoms with E-state index in [0.29, 0.717) is 18.7 Å². The number of nitrogens with two attached hydrogens (primary N) is 2. The van der Waals surface area contributed by atoms with E-state index in [1.54, 1.807) is 11.2 Å². The fourth-order valence-electron chi connectivity index (χ4n) is 2.52. The molecule has 1 aliphatic heterocycles. The van der Waals surface area contributed by atoms with E-state index in [-0.39, 0.29) is 6.29 Å². The van der Waals surface area contributed by atoms with Gasteiger partial charge in [0.1, 0.15) is 0 Å². The third-order valence-electron chi connectivity index (χ3n) is 3.95. The second kappa shape index (κ2) is 13.6. The predicted octanol–water partition coefficient (Wildman–Crippen LogP) is 3.24. The summed E-state index contributed by atoms with van der Waals surface area (Å²) in [6.07, 6.45) is 5.54. The minimum Gasteiger partial charge on any atom is -0.401 e. The Labute approximate surface area is 158 Å². The van der Waals surface area contributed by atoms with Gasteiger partial charge in [0.05, 0.1) is 12.3 Å². The number of hydrogen-bond acceptors (Lipinski definition) is 6. The van der Waals surface area contributed by atoms with E-state index in [4.69, 9.17) is 21.1 Å². The first-order valence-corrected chi connectivity index (χ1v) is 9.72. The molecule has 6 nitrogen and oxygen atoms in total. The van der Waals surface area contributed by atoms with Crippen molar-refractivity contribution in [1.29, 1.82) is 0 Å². The van der Waals surface area contributed by atoms with E-state index in [1.807, 2.05) is 26.0 Å². The summed E-state index contributed by atoms with van der Waals surface area (Å²) in [6, 6.07) is 8.10.